The molecule has 0 spiro atoms. The van der Waals surface area contributed by atoms with Crippen LogP contribution in [-0.4, -0.2) is 24.4 Å². The summed E-state index contributed by atoms with van der Waals surface area (Å²) in [6, 6.07) is 7.17. The summed E-state index contributed by atoms with van der Waals surface area (Å²) in [6.45, 7) is 5.97. The lowest BCUT2D eigenvalue weighted by Crippen LogP contribution is -2.20. The summed E-state index contributed by atoms with van der Waals surface area (Å²) in [6.07, 6.45) is 4.14. The van der Waals surface area contributed by atoms with E-state index in [2.05, 4.69) is 16.7 Å². The van der Waals surface area contributed by atoms with Crippen molar-refractivity contribution in [2.24, 2.45) is 12.8 Å². The smallest absolute Gasteiger partial charge is 0.260 e. The van der Waals surface area contributed by atoms with Crippen LogP contribution in [-0.2, 0) is 13.6 Å². The molecular weight excluding hydrogens is 354 g/mol. The first kappa shape index (κ1) is 17.8. The molecule has 4 rings (SSSR count). The minimum Gasteiger partial charge on any atom is -0.507 e. The van der Waals surface area contributed by atoms with Crippen LogP contribution in [0.2, 0.25) is 0 Å². The average Bonchev–Trinajstić information content (AvgIpc) is 3.04. The number of hydrogen-bond donors (Lipinski definition) is 2. The van der Waals surface area contributed by atoms with Crippen LogP contribution >= 0.6 is 0 Å². The highest BCUT2D eigenvalue weighted by Crippen LogP contribution is 2.36. The Kier molecular flexibility index (Phi) is 4.15. The lowest BCUT2D eigenvalue weighted by Gasteiger charge is -2.10. The number of fused-ring (bicyclic) bond motifs is 2. The first-order valence-electron chi connectivity index (χ1n) is 8.95. The predicted molar refractivity (Wildman–Crippen MR) is 110 cm³/mol. The third-order valence-electron chi connectivity index (χ3n) is 4.90. The monoisotopic (exact) mass is 375 g/mol. The first-order valence-corrected chi connectivity index (χ1v) is 8.95. The van der Waals surface area contributed by atoms with Gasteiger partial charge in [-0.2, -0.15) is 5.10 Å². The Balaban J connectivity index is 1.83. The van der Waals surface area contributed by atoms with Gasteiger partial charge in [-0.3, -0.25) is 9.48 Å². The third-order valence-corrected chi connectivity index (χ3v) is 4.90. The molecule has 142 valence electrons. The fourth-order valence-corrected chi connectivity index (χ4v) is 3.39. The molecule has 0 aliphatic heterocycles. The van der Waals surface area contributed by atoms with Crippen molar-refractivity contribution in [3.63, 3.8) is 0 Å². The molecule has 0 fully saturated rings. The number of aryl methyl sites for hydroxylation is 3. The quantitative estimate of drug-likeness (QED) is 0.571. The van der Waals surface area contributed by atoms with E-state index in [1.54, 1.807) is 33.6 Å². The van der Waals surface area contributed by atoms with Gasteiger partial charge in [-0.15, -0.1) is 0 Å². The van der Waals surface area contributed by atoms with Gasteiger partial charge in [0.15, 0.2) is 0 Å². The molecule has 0 saturated carbocycles. The second-order valence-corrected chi connectivity index (χ2v) is 6.99. The summed E-state index contributed by atoms with van der Waals surface area (Å²) in [4.78, 5) is 17.3. The van der Waals surface area contributed by atoms with Crippen LogP contribution in [0.25, 0.3) is 33.1 Å². The largest absolute Gasteiger partial charge is 0.507 e. The van der Waals surface area contributed by atoms with E-state index in [-0.39, 0.29) is 11.3 Å². The van der Waals surface area contributed by atoms with Crippen LogP contribution in [0.15, 0.2) is 53.7 Å². The van der Waals surface area contributed by atoms with E-state index in [1.807, 2.05) is 26.2 Å². The summed E-state index contributed by atoms with van der Waals surface area (Å²) >= 11 is 0. The van der Waals surface area contributed by atoms with Gasteiger partial charge >= 0.3 is 0 Å². The lowest BCUT2D eigenvalue weighted by molar-refractivity contribution is 0.474. The van der Waals surface area contributed by atoms with Crippen LogP contribution in [0.5, 0.6) is 5.75 Å². The summed E-state index contributed by atoms with van der Waals surface area (Å²) < 4.78 is 3.32. The highest BCUT2D eigenvalue weighted by molar-refractivity contribution is 5.91. The highest BCUT2D eigenvalue weighted by atomic mass is 16.3. The predicted octanol–water partition coefficient (Wildman–Crippen LogP) is 2.83. The van der Waals surface area contributed by atoms with Crippen LogP contribution in [0, 0.1) is 6.92 Å². The molecule has 28 heavy (non-hydrogen) atoms. The number of hydrogen-bond acceptors (Lipinski definition) is 5. The zero-order chi connectivity index (χ0) is 20.0. The molecule has 0 aliphatic carbocycles. The number of aromatic hydroxyl groups is 1. The zero-order valence-electron chi connectivity index (χ0n) is 15.8. The second kappa shape index (κ2) is 6.53. The van der Waals surface area contributed by atoms with Gasteiger partial charge in [0.25, 0.3) is 5.56 Å². The van der Waals surface area contributed by atoms with Gasteiger partial charge in [0.2, 0.25) is 0 Å². The Morgan fingerprint density at radius 3 is 2.86 bits per heavy atom. The number of nitrogens with two attached hydrogens (primary N) is 1. The summed E-state index contributed by atoms with van der Waals surface area (Å²) in [5.74, 6) is 0.146. The molecule has 0 unspecified atom stereocenters. The van der Waals surface area contributed by atoms with Gasteiger partial charge in [0.05, 0.1) is 22.1 Å². The molecule has 3 aromatic heterocycles. The van der Waals surface area contributed by atoms with E-state index in [4.69, 9.17) is 5.73 Å². The van der Waals surface area contributed by atoms with Crippen molar-refractivity contribution in [1.29, 1.82) is 0 Å². The van der Waals surface area contributed by atoms with Gasteiger partial charge in [-0.1, -0.05) is 6.58 Å². The fraction of sp³-hybridized carbons (Fsp3) is 0.190. The number of allylic oxidation sites excluding steroid dienone is 1. The molecular formula is C21H21N5O2. The molecule has 0 bridgehead atoms. The van der Waals surface area contributed by atoms with Gasteiger partial charge in [0, 0.05) is 54.6 Å². The standard InChI is InChI=1S/C21H21N5O2/c1-12(22)6-8-26-9-7-18-15(21(26)28)4-5-17(23-18)16-10-14-11-25(3)24-19(14)13(2)20(16)27/h4-5,7,9-11,27H,1,6,8,22H2,2-3H3. The maximum atomic E-state index is 12.7. The number of phenols is 1. The van der Waals surface area contributed by atoms with E-state index in [1.165, 1.54) is 0 Å². The second-order valence-electron chi connectivity index (χ2n) is 6.99. The minimum atomic E-state index is -0.124. The number of aromatic nitrogens is 4. The number of pyridine rings is 2. The summed E-state index contributed by atoms with van der Waals surface area (Å²) in [7, 11) is 1.84. The normalized spacial score (nSPS) is 11.4. The van der Waals surface area contributed by atoms with Crippen LogP contribution in [0.1, 0.15) is 12.0 Å². The molecule has 1 aromatic carbocycles. The average molecular weight is 375 g/mol. The molecule has 4 aromatic rings. The van der Waals surface area contributed by atoms with Gasteiger partial charge in [-0.05, 0) is 31.2 Å². The third kappa shape index (κ3) is 2.90. The molecule has 3 N–H and O–H groups in total. The van der Waals surface area contributed by atoms with Crippen molar-refractivity contribution in [3.05, 3.63) is 64.9 Å². The Bertz CT molecular complexity index is 1300. The van der Waals surface area contributed by atoms with E-state index in [9.17, 15) is 9.90 Å². The summed E-state index contributed by atoms with van der Waals surface area (Å²) in [5, 5.41) is 16.5. The van der Waals surface area contributed by atoms with Gasteiger partial charge < -0.3 is 15.4 Å². The molecule has 0 atom stereocenters. The van der Waals surface area contributed by atoms with Crippen LogP contribution in [0.4, 0.5) is 0 Å². The van der Waals surface area contributed by atoms with Gasteiger partial charge in [-0.25, -0.2) is 4.98 Å². The Labute approximate surface area is 161 Å². The van der Waals surface area contributed by atoms with Crippen molar-refractivity contribution >= 4 is 21.8 Å². The van der Waals surface area contributed by atoms with Crippen molar-refractivity contribution < 1.29 is 5.11 Å². The minimum absolute atomic E-state index is 0.124. The number of phenolic OH excluding ortho intramolecular Hbond substituents is 1. The maximum Gasteiger partial charge on any atom is 0.260 e. The van der Waals surface area contributed by atoms with Crippen LogP contribution in [0.3, 0.4) is 0 Å². The molecule has 3 heterocycles. The molecule has 0 amide bonds. The molecule has 7 heteroatoms. The zero-order valence-corrected chi connectivity index (χ0v) is 15.8. The van der Waals surface area contributed by atoms with Crippen molar-refractivity contribution in [3.8, 4) is 17.0 Å². The molecule has 0 radical (unpaired) electrons. The fourth-order valence-electron chi connectivity index (χ4n) is 3.39. The first-order chi connectivity index (χ1) is 13.3. The van der Waals surface area contributed by atoms with Crippen LogP contribution < -0.4 is 11.3 Å². The number of rotatable bonds is 4. The molecule has 7 nitrogen and oxygen atoms in total. The highest BCUT2D eigenvalue weighted by Gasteiger charge is 2.15. The summed E-state index contributed by atoms with van der Waals surface area (Å²) in [5.41, 5.74) is 9.27. The Hall–Kier alpha value is -3.61. The van der Waals surface area contributed by atoms with Crippen molar-refractivity contribution in [2.45, 2.75) is 19.9 Å². The van der Waals surface area contributed by atoms with E-state index in [0.717, 1.165) is 10.9 Å². The maximum absolute atomic E-state index is 12.7. The molecule has 0 aliphatic rings. The number of nitrogens with zero attached hydrogens (tertiary/aromatic N) is 4. The van der Waals surface area contributed by atoms with Crippen molar-refractivity contribution in [2.75, 3.05) is 0 Å². The Morgan fingerprint density at radius 1 is 1.32 bits per heavy atom. The lowest BCUT2D eigenvalue weighted by atomic mass is 10.0. The molecule has 0 saturated heterocycles. The SMILES string of the molecule is C=C(N)CCn1ccc2nc(-c3cc4cn(C)nc4c(C)c3O)ccc2c1=O. The number of benzene rings is 1. The van der Waals surface area contributed by atoms with E-state index in [0.29, 0.717) is 46.4 Å². The van der Waals surface area contributed by atoms with E-state index >= 15 is 0 Å². The van der Waals surface area contributed by atoms with Crippen molar-refractivity contribution in [1.82, 2.24) is 19.3 Å². The Morgan fingerprint density at radius 2 is 2.11 bits per heavy atom. The van der Waals surface area contributed by atoms with E-state index < -0.39 is 0 Å². The van der Waals surface area contributed by atoms with Gasteiger partial charge in [0.1, 0.15) is 5.75 Å². The topological polar surface area (TPSA) is 99.0 Å².